The van der Waals surface area contributed by atoms with Gasteiger partial charge in [0.05, 0.1) is 11.8 Å². The minimum atomic E-state index is -0.835. The number of carbonyl (C=O) groups excluding carboxylic acids is 1. The predicted molar refractivity (Wildman–Crippen MR) is 65.5 cm³/mol. The van der Waals surface area contributed by atoms with Gasteiger partial charge in [0.2, 0.25) is 5.91 Å². The highest BCUT2D eigenvalue weighted by Crippen LogP contribution is 2.30. The topological polar surface area (TPSA) is 66.4 Å². The number of aliphatic carboxylic acids is 1. The summed E-state index contributed by atoms with van der Waals surface area (Å²) in [5.41, 5.74) is 0. The summed E-state index contributed by atoms with van der Waals surface area (Å²) < 4.78 is 0. The summed E-state index contributed by atoms with van der Waals surface area (Å²) in [6.07, 6.45) is 7.92. The molecule has 0 saturated heterocycles. The minimum Gasteiger partial charge on any atom is -0.481 e. The van der Waals surface area contributed by atoms with Crippen LogP contribution < -0.4 is 5.32 Å². The average Bonchev–Trinajstić information content (AvgIpc) is 2.34. The van der Waals surface area contributed by atoms with Crippen molar-refractivity contribution in [3.63, 3.8) is 0 Å². The maximum absolute atomic E-state index is 11.9. The third-order valence-electron chi connectivity index (χ3n) is 3.27. The maximum atomic E-state index is 11.9. The van der Waals surface area contributed by atoms with Crippen molar-refractivity contribution in [2.24, 2.45) is 11.8 Å². The molecule has 0 aromatic heterocycles. The first-order valence-corrected chi connectivity index (χ1v) is 6.28. The Labute approximate surface area is 102 Å². The smallest absolute Gasteiger partial charge is 0.307 e. The van der Waals surface area contributed by atoms with Gasteiger partial charge >= 0.3 is 5.97 Å². The van der Waals surface area contributed by atoms with Gasteiger partial charge in [-0.05, 0) is 26.2 Å². The molecule has 1 saturated carbocycles. The Bertz CT molecular complexity index is 299. The molecule has 1 aliphatic carbocycles. The fourth-order valence-electron chi connectivity index (χ4n) is 2.32. The molecule has 0 spiro atoms. The average molecular weight is 239 g/mol. The summed E-state index contributed by atoms with van der Waals surface area (Å²) in [5.74, 6) is -1.77. The largest absolute Gasteiger partial charge is 0.481 e. The van der Waals surface area contributed by atoms with Crippen LogP contribution in [-0.4, -0.2) is 23.5 Å². The van der Waals surface area contributed by atoms with E-state index in [2.05, 4.69) is 5.32 Å². The van der Waals surface area contributed by atoms with Gasteiger partial charge in [0, 0.05) is 6.54 Å². The first-order chi connectivity index (χ1) is 8.16. The van der Waals surface area contributed by atoms with Crippen LogP contribution in [0.5, 0.6) is 0 Å². The molecule has 0 bridgehead atoms. The molecule has 1 aliphatic rings. The number of allylic oxidation sites excluding steroid dienone is 1. The van der Waals surface area contributed by atoms with Crippen LogP contribution in [0, 0.1) is 11.8 Å². The molecule has 0 aliphatic heterocycles. The number of amides is 1. The van der Waals surface area contributed by atoms with E-state index in [0.29, 0.717) is 19.4 Å². The van der Waals surface area contributed by atoms with Crippen LogP contribution >= 0.6 is 0 Å². The SMILES string of the molecule is C/C=C/CCNC(=O)[C@@H]1CCCC[C@@H]1C(=O)O. The molecule has 17 heavy (non-hydrogen) atoms. The number of carbonyl (C=O) groups is 2. The van der Waals surface area contributed by atoms with Gasteiger partial charge in [0.1, 0.15) is 0 Å². The molecule has 4 heteroatoms. The predicted octanol–water partition coefficient (Wildman–Crippen LogP) is 1.96. The maximum Gasteiger partial charge on any atom is 0.307 e. The van der Waals surface area contributed by atoms with E-state index in [9.17, 15) is 9.59 Å². The van der Waals surface area contributed by atoms with E-state index in [1.165, 1.54) is 0 Å². The summed E-state index contributed by atoms with van der Waals surface area (Å²) in [6, 6.07) is 0. The summed E-state index contributed by atoms with van der Waals surface area (Å²) >= 11 is 0. The molecule has 2 N–H and O–H groups in total. The number of hydrogen-bond donors (Lipinski definition) is 2. The number of nitrogens with one attached hydrogen (secondary N) is 1. The van der Waals surface area contributed by atoms with Gasteiger partial charge in [-0.25, -0.2) is 0 Å². The van der Waals surface area contributed by atoms with Crippen molar-refractivity contribution in [2.75, 3.05) is 6.54 Å². The molecule has 4 nitrogen and oxygen atoms in total. The first-order valence-electron chi connectivity index (χ1n) is 6.28. The van der Waals surface area contributed by atoms with Crippen molar-refractivity contribution in [2.45, 2.75) is 39.0 Å². The van der Waals surface area contributed by atoms with Crippen molar-refractivity contribution < 1.29 is 14.7 Å². The molecule has 0 aromatic carbocycles. The normalized spacial score (nSPS) is 24.8. The van der Waals surface area contributed by atoms with Gasteiger partial charge in [0.25, 0.3) is 0 Å². The second kappa shape index (κ2) is 7.09. The summed E-state index contributed by atoms with van der Waals surface area (Å²) in [5, 5.41) is 11.9. The number of carboxylic acids is 1. The van der Waals surface area contributed by atoms with E-state index in [1.54, 1.807) is 0 Å². The zero-order chi connectivity index (χ0) is 12.7. The molecule has 0 heterocycles. The molecule has 0 aromatic rings. The number of carboxylic acid groups (broad SMARTS) is 1. The molecule has 1 fully saturated rings. The highest BCUT2D eigenvalue weighted by atomic mass is 16.4. The van der Waals surface area contributed by atoms with Crippen LogP contribution in [0.2, 0.25) is 0 Å². The third-order valence-corrected chi connectivity index (χ3v) is 3.27. The second-order valence-electron chi connectivity index (χ2n) is 4.48. The van der Waals surface area contributed by atoms with Crippen molar-refractivity contribution in [1.29, 1.82) is 0 Å². The van der Waals surface area contributed by atoms with Crippen LogP contribution in [0.15, 0.2) is 12.2 Å². The highest BCUT2D eigenvalue weighted by Gasteiger charge is 2.35. The highest BCUT2D eigenvalue weighted by molar-refractivity contribution is 5.84. The molecule has 0 unspecified atom stereocenters. The molecule has 96 valence electrons. The van der Waals surface area contributed by atoms with Gasteiger partial charge in [-0.2, -0.15) is 0 Å². The minimum absolute atomic E-state index is 0.0957. The Morgan fingerprint density at radius 3 is 2.53 bits per heavy atom. The molecular weight excluding hydrogens is 218 g/mol. The van der Waals surface area contributed by atoms with Crippen molar-refractivity contribution in [3.05, 3.63) is 12.2 Å². The van der Waals surface area contributed by atoms with Gasteiger partial charge in [0.15, 0.2) is 0 Å². The third kappa shape index (κ3) is 4.21. The van der Waals surface area contributed by atoms with Crippen LogP contribution in [0.25, 0.3) is 0 Å². The number of rotatable bonds is 5. The van der Waals surface area contributed by atoms with E-state index < -0.39 is 11.9 Å². The summed E-state index contributed by atoms with van der Waals surface area (Å²) in [6.45, 7) is 2.52. The first kappa shape index (κ1) is 13.7. The van der Waals surface area contributed by atoms with E-state index >= 15 is 0 Å². The lowest BCUT2D eigenvalue weighted by Gasteiger charge is -2.27. The van der Waals surface area contributed by atoms with Gasteiger partial charge in [-0.3, -0.25) is 9.59 Å². The Kier molecular flexibility index (Phi) is 5.73. The Balaban J connectivity index is 2.44. The summed E-state index contributed by atoms with van der Waals surface area (Å²) in [4.78, 5) is 22.9. The molecule has 1 amide bonds. The zero-order valence-corrected chi connectivity index (χ0v) is 10.3. The second-order valence-corrected chi connectivity index (χ2v) is 4.48. The lowest BCUT2D eigenvalue weighted by Crippen LogP contribution is -2.40. The Morgan fingerprint density at radius 2 is 1.94 bits per heavy atom. The van der Waals surface area contributed by atoms with E-state index in [-0.39, 0.29) is 11.8 Å². The quantitative estimate of drug-likeness (QED) is 0.569. The van der Waals surface area contributed by atoms with Gasteiger partial charge in [-0.15, -0.1) is 0 Å². The van der Waals surface area contributed by atoms with Crippen LogP contribution in [0.3, 0.4) is 0 Å². The standard InChI is InChI=1S/C13H21NO3/c1-2-3-6-9-14-12(15)10-7-4-5-8-11(10)13(16)17/h2-3,10-11H,4-9H2,1H3,(H,14,15)(H,16,17)/b3-2+/t10-,11+/m1/s1. The fourth-order valence-corrected chi connectivity index (χ4v) is 2.32. The van der Waals surface area contributed by atoms with Crippen LogP contribution in [0.4, 0.5) is 0 Å². The van der Waals surface area contributed by atoms with Crippen LogP contribution in [0.1, 0.15) is 39.0 Å². The Morgan fingerprint density at radius 1 is 1.29 bits per heavy atom. The van der Waals surface area contributed by atoms with Gasteiger partial charge < -0.3 is 10.4 Å². The van der Waals surface area contributed by atoms with E-state index in [4.69, 9.17) is 5.11 Å². The molecule has 1 rings (SSSR count). The molecule has 2 atom stereocenters. The number of hydrogen-bond acceptors (Lipinski definition) is 2. The van der Waals surface area contributed by atoms with Crippen molar-refractivity contribution in [3.8, 4) is 0 Å². The lowest BCUT2D eigenvalue weighted by atomic mass is 9.79. The van der Waals surface area contributed by atoms with Crippen LogP contribution in [-0.2, 0) is 9.59 Å². The molecule has 0 radical (unpaired) electrons. The monoisotopic (exact) mass is 239 g/mol. The van der Waals surface area contributed by atoms with Gasteiger partial charge in [-0.1, -0.05) is 25.0 Å². The van der Waals surface area contributed by atoms with E-state index in [1.807, 2.05) is 19.1 Å². The Hall–Kier alpha value is -1.32. The lowest BCUT2D eigenvalue weighted by molar-refractivity contribution is -0.148. The van der Waals surface area contributed by atoms with Crippen molar-refractivity contribution >= 4 is 11.9 Å². The molecular formula is C13H21NO3. The summed E-state index contributed by atoms with van der Waals surface area (Å²) in [7, 11) is 0. The van der Waals surface area contributed by atoms with E-state index in [0.717, 1.165) is 19.3 Å². The van der Waals surface area contributed by atoms with Crippen molar-refractivity contribution in [1.82, 2.24) is 5.32 Å². The zero-order valence-electron chi connectivity index (χ0n) is 10.3. The fraction of sp³-hybridized carbons (Fsp3) is 0.692.